The summed E-state index contributed by atoms with van der Waals surface area (Å²) in [6.07, 6.45) is -4.27. The second-order valence-corrected chi connectivity index (χ2v) is 10.7. The smallest absolute Gasteiger partial charge is 0.344 e. The molecule has 13 heteroatoms. The summed E-state index contributed by atoms with van der Waals surface area (Å²) in [4.78, 5) is 66.0. The lowest BCUT2D eigenvalue weighted by molar-refractivity contribution is -0.384. The van der Waals surface area contributed by atoms with Gasteiger partial charge in [-0.1, -0.05) is 74.5 Å². The van der Waals surface area contributed by atoms with Crippen molar-refractivity contribution in [2.75, 3.05) is 6.54 Å². The van der Waals surface area contributed by atoms with Gasteiger partial charge in [0.05, 0.1) is 10.6 Å². The molecule has 3 aromatic rings. The highest BCUT2D eigenvalue weighted by molar-refractivity contribution is 6.04. The minimum atomic E-state index is -5.22. The number of Topliss-reactive ketones (excluding diaryl/α,β-unsaturated/α-hetero) is 1. The van der Waals surface area contributed by atoms with Gasteiger partial charge in [-0.05, 0) is 29.2 Å². The standard InChI is InChI=1S/C32H29F3N4O6/c1-20(2)28-31(43)37(19-27(40)36-25(29(41)32(33,34)35)17-21-9-5-3-6-10-21)26(22-11-7-4-8-12-22)18-38(28)30(42)23-13-15-24(16-14-23)39(44)45/h3-16,18,20,25,28H,17,19H2,1-2H3,(H,36,40). The number of halogens is 3. The predicted molar refractivity (Wildman–Crippen MR) is 157 cm³/mol. The Balaban J connectivity index is 1.69. The number of hydrogen-bond acceptors (Lipinski definition) is 6. The van der Waals surface area contributed by atoms with E-state index in [4.69, 9.17) is 0 Å². The summed E-state index contributed by atoms with van der Waals surface area (Å²) in [5, 5.41) is 13.2. The summed E-state index contributed by atoms with van der Waals surface area (Å²) in [5.74, 6) is -4.95. The molecular weight excluding hydrogens is 593 g/mol. The topological polar surface area (TPSA) is 130 Å². The number of nitrogens with one attached hydrogen (secondary N) is 1. The Kier molecular flexibility index (Phi) is 9.80. The van der Waals surface area contributed by atoms with Gasteiger partial charge in [-0.15, -0.1) is 0 Å². The maximum absolute atomic E-state index is 14.0. The lowest BCUT2D eigenvalue weighted by Crippen LogP contribution is -2.57. The number of carbonyl (C=O) groups is 4. The van der Waals surface area contributed by atoms with Crippen LogP contribution in [0.5, 0.6) is 0 Å². The van der Waals surface area contributed by atoms with Gasteiger partial charge in [-0.3, -0.25) is 34.2 Å². The number of non-ortho nitro benzene ring substituents is 1. The SMILES string of the molecule is CC(C)C1C(=O)N(CC(=O)NC(Cc2ccccc2)C(=O)C(F)(F)F)C(c2ccccc2)=CN1C(=O)c1ccc([N+](=O)[O-])cc1. The lowest BCUT2D eigenvalue weighted by Gasteiger charge is -2.41. The van der Waals surface area contributed by atoms with Crippen LogP contribution in [0, 0.1) is 16.0 Å². The largest absolute Gasteiger partial charge is 0.452 e. The van der Waals surface area contributed by atoms with Crippen LogP contribution in [-0.4, -0.2) is 63.0 Å². The van der Waals surface area contributed by atoms with E-state index in [-0.39, 0.29) is 16.9 Å². The maximum atomic E-state index is 14.0. The van der Waals surface area contributed by atoms with Crippen molar-refractivity contribution in [1.29, 1.82) is 0 Å². The normalized spacial score (nSPS) is 15.8. The zero-order valence-electron chi connectivity index (χ0n) is 24.2. The zero-order chi connectivity index (χ0) is 32.9. The van der Waals surface area contributed by atoms with Crippen molar-refractivity contribution in [1.82, 2.24) is 15.1 Å². The number of nitro benzene ring substituents is 1. The number of carbonyl (C=O) groups excluding carboxylic acids is 4. The number of alkyl halides is 3. The van der Waals surface area contributed by atoms with Gasteiger partial charge in [0.1, 0.15) is 18.6 Å². The number of ketones is 1. The van der Waals surface area contributed by atoms with Gasteiger partial charge in [-0.25, -0.2) is 0 Å². The average Bonchev–Trinajstić information content (AvgIpc) is 3.01. The molecule has 45 heavy (non-hydrogen) atoms. The molecule has 0 fully saturated rings. The fourth-order valence-electron chi connectivity index (χ4n) is 4.99. The fourth-order valence-corrected chi connectivity index (χ4v) is 4.99. The predicted octanol–water partition coefficient (Wildman–Crippen LogP) is 4.76. The highest BCUT2D eigenvalue weighted by Crippen LogP contribution is 2.31. The molecule has 0 aliphatic carbocycles. The van der Waals surface area contributed by atoms with Crippen LogP contribution in [0.4, 0.5) is 18.9 Å². The summed E-state index contributed by atoms with van der Waals surface area (Å²) in [6, 6.07) is 17.9. The molecular formula is C32H29F3N4O6. The van der Waals surface area contributed by atoms with Crippen molar-refractivity contribution in [3.05, 3.63) is 118 Å². The number of rotatable bonds is 10. The minimum absolute atomic E-state index is 0.0725. The van der Waals surface area contributed by atoms with Crippen molar-refractivity contribution in [2.45, 2.75) is 38.5 Å². The van der Waals surface area contributed by atoms with E-state index in [9.17, 15) is 42.5 Å². The number of benzene rings is 3. The molecule has 10 nitrogen and oxygen atoms in total. The van der Waals surface area contributed by atoms with Crippen molar-refractivity contribution in [2.24, 2.45) is 5.92 Å². The minimum Gasteiger partial charge on any atom is -0.344 e. The summed E-state index contributed by atoms with van der Waals surface area (Å²) < 4.78 is 40.4. The Morgan fingerprint density at radius 1 is 0.933 bits per heavy atom. The van der Waals surface area contributed by atoms with E-state index >= 15 is 0 Å². The quantitative estimate of drug-likeness (QED) is 0.256. The maximum Gasteiger partial charge on any atom is 0.452 e. The van der Waals surface area contributed by atoms with E-state index in [0.717, 1.165) is 17.0 Å². The number of nitrogens with zero attached hydrogens (tertiary/aromatic N) is 3. The molecule has 3 aromatic carbocycles. The first-order valence-corrected chi connectivity index (χ1v) is 13.9. The molecule has 2 unspecified atom stereocenters. The zero-order valence-corrected chi connectivity index (χ0v) is 24.2. The second-order valence-electron chi connectivity index (χ2n) is 10.7. The molecule has 0 saturated heterocycles. The Hall–Kier alpha value is -5.33. The molecule has 1 heterocycles. The highest BCUT2D eigenvalue weighted by atomic mass is 19.4. The first-order valence-electron chi connectivity index (χ1n) is 13.9. The van der Waals surface area contributed by atoms with Gasteiger partial charge in [0.25, 0.3) is 23.3 Å². The van der Waals surface area contributed by atoms with Gasteiger partial charge in [-0.2, -0.15) is 13.2 Å². The van der Waals surface area contributed by atoms with Crippen molar-refractivity contribution >= 4 is 34.9 Å². The van der Waals surface area contributed by atoms with Gasteiger partial charge >= 0.3 is 6.18 Å². The third-order valence-corrected chi connectivity index (χ3v) is 7.15. The summed E-state index contributed by atoms with van der Waals surface area (Å²) in [5.41, 5.74) is 0.774. The Labute approximate surface area is 256 Å². The van der Waals surface area contributed by atoms with Crippen LogP contribution in [0.2, 0.25) is 0 Å². The fraction of sp³-hybridized carbons (Fsp3) is 0.250. The van der Waals surface area contributed by atoms with Crippen LogP contribution in [0.25, 0.3) is 5.70 Å². The number of nitro groups is 1. The van der Waals surface area contributed by atoms with Crippen LogP contribution >= 0.6 is 0 Å². The molecule has 0 aromatic heterocycles. The van der Waals surface area contributed by atoms with Crippen LogP contribution < -0.4 is 5.32 Å². The van der Waals surface area contributed by atoms with Crippen molar-refractivity contribution < 1.29 is 37.3 Å². The van der Waals surface area contributed by atoms with E-state index in [0.29, 0.717) is 11.1 Å². The molecule has 1 aliphatic rings. The van der Waals surface area contributed by atoms with Crippen LogP contribution in [0.1, 0.15) is 35.3 Å². The Morgan fingerprint density at radius 3 is 2.04 bits per heavy atom. The van der Waals surface area contributed by atoms with Gasteiger partial charge in [0.2, 0.25) is 5.91 Å². The van der Waals surface area contributed by atoms with E-state index in [1.807, 2.05) is 0 Å². The lowest BCUT2D eigenvalue weighted by atomic mass is 9.96. The first-order chi connectivity index (χ1) is 21.3. The molecule has 4 rings (SSSR count). The third kappa shape index (κ3) is 7.61. The molecule has 234 valence electrons. The molecule has 1 aliphatic heterocycles. The molecule has 0 saturated carbocycles. The highest BCUT2D eigenvalue weighted by Gasteiger charge is 2.45. The van der Waals surface area contributed by atoms with Crippen molar-refractivity contribution in [3.8, 4) is 0 Å². The molecule has 1 N–H and O–H groups in total. The van der Waals surface area contributed by atoms with E-state index in [1.165, 1.54) is 35.4 Å². The number of hydrogen-bond donors (Lipinski definition) is 1. The Morgan fingerprint density at radius 2 is 1.51 bits per heavy atom. The van der Waals surface area contributed by atoms with E-state index in [1.54, 1.807) is 62.4 Å². The van der Waals surface area contributed by atoms with Crippen LogP contribution in [-0.2, 0) is 20.8 Å². The van der Waals surface area contributed by atoms with Gasteiger partial charge < -0.3 is 10.2 Å². The third-order valence-electron chi connectivity index (χ3n) is 7.15. The Bertz CT molecular complexity index is 1610. The van der Waals surface area contributed by atoms with Crippen LogP contribution in [0.15, 0.2) is 91.1 Å². The average molecular weight is 623 g/mol. The molecule has 0 spiro atoms. The van der Waals surface area contributed by atoms with E-state index in [2.05, 4.69) is 5.32 Å². The summed E-state index contributed by atoms with van der Waals surface area (Å²) in [6.45, 7) is 2.62. The molecule has 0 bridgehead atoms. The first kappa shape index (κ1) is 32.6. The van der Waals surface area contributed by atoms with Gasteiger partial charge in [0.15, 0.2) is 0 Å². The van der Waals surface area contributed by atoms with Crippen LogP contribution in [0.3, 0.4) is 0 Å². The summed E-state index contributed by atoms with van der Waals surface area (Å²) in [7, 11) is 0. The molecule has 3 amide bonds. The van der Waals surface area contributed by atoms with E-state index < -0.39 is 65.6 Å². The monoisotopic (exact) mass is 622 g/mol. The van der Waals surface area contributed by atoms with Crippen molar-refractivity contribution in [3.63, 3.8) is 0 Å². The number of amides is 3. The van der Waals surface area contributed by atoms with Gasteiger partial charge in [0, 0.05) is 30.3 Å². The summed E-state index contributed by atoms with van der Waals surface area (Å²) >= 11 is 0. The molecule has 2 atom stereocenters. The second kappa shape index (κ2) is 13.5. The molecule has 0 radical (unpaired) electrons.